The number of aryl methyl sites for hydroxylation is 2. The molecule has 0 aliphatic heterocycles. The molecule has 13 aromatic carbocycles. The lowest BCUT2D eigenvalue weighted by molar-refractivity contribution is 0.419. The van der Waals surface area contributed by atoms with Gasteiger partial charge >= 0.3 is 15.9 Å². The van der Waals surface area contributed by atoms with E-state index in [0.29, 0.717) is 43.6 Å². The molecule has 0 aliphatic carbocycles. The summed E-state index contributed by atoms with van der Waals surface area (Å²) in [6, 6.07) is 88.0. The van der Waals surface area contributed by atoms with Crippen LogP contribution >= 0.6 is 0 Å². The van der Waals surface area contributed by atoms with Crippen LogP contribution in [-0.4, -0.2) is 47.1 Å². The van der Waals surface area contributed by atoms with E-state index in [1.54, 1.807) is 61.1 Å². The van der Waals surface area contributed by atoms with E-state index in [9.17, 15) is 18.4 Å². The Bertz CT molecular complexity index is 6210. The van der Waals surface area contributed by atoms with Gasteiger partial charge in [-0.05, 0) is 179 Å². The molecule has 101 heavy (non-hydrogen) atoms. The number of nitrogens with zero attached hydrogens (tertiary/aromatic N) is 5. The maximum atomic E-state index is 13.7. The zero-order valence-electron chi connectivity index (χ0n) is 56.4. The number of para-hydroxylation sites is 3. The Kier molecular flexibility index (Phi) is 17.5. The van der Waals surface area contributed by atoms with Crippen LogP contribution in [0.25, 0.3) is 142 Å². The van der Waals surface area contributed by atoms with Gasteiger partial charge in [-0.1, -0.05) is 185 Å². The monoisotopic (exact) mass is 1340 g/mol. The molecule has 0 spiro atoms. The Morgan fingerprint density at radius 2 is 0.723 bits per heavy atom. The van der Waals surface area contributed by atoms with Crippen LogP contribution < -0.4 is 23.2 Å². The molecule has 0 radical (unpaired) electrons. The van der Waals surface area contributed by atoms with Crippen molar-refractivity contribution in [2.24, 2.45) is 14.1 Å². The third-order valence-electron chi connectivity index (χ3n) is 18.9. The van der Waals surface area contributed by atoms with Crippen LogP contribution in [0.15, 0.2) is 295 Å². The summed E-state index contributed by atoms with van der Waals surface area (Å²) in [5.74, 6) is 1.48. The van der Waals surface area contributed by atoms with Crippen LogP contribution in [-0.2, 0) is 19.5 Å². The third-order valence-corrected chi connectivity index (χ3v) is 19.7. The molecule has 13 heteroatoms. The summed E-state index contributed by atoms with van der Waals surface area (Å²) in [6.07, 6.45) is 5.31. The summed E-state index contributed by atoms with van der Waals surface area (Å²) in [5.41, 5.74) is 10.7. The average Bonchev–Trinajstić information content (AvgIpc) is 0.731. The van der Waals surface area contributed by atoms with E-state index in [1.807, 2.05) is 91.0 Å². The number of hydrogen-bond donors (Lipinski definition) is 0. The van der Waals surface area contributed by atoms with Crippen molar-refractivity contribution in [3.05, 3.63) is 323 Å². The van der Waals surface area contributed by atoms with Crippen molar-refractivity contribution in [2.45, 2.75) is 26.2 Å². The fourth-order valence-corrected chi connectivity index (χ4v) is 14.5. The van der Waals surface area contributed by atoms with Crippen molar-refractivity contribution in [3.63, 3.8) is 0 Å². The number of pyridine rings is 5. The van der Waals surface area contributed by atoms with Crippen LogP contribution in [0, 0.1) is 11.6 Å². The highest BCUT2D eigenvalue weighted by molar-refractivity contribution is 6.23. The molecule has 0 saturated carbocycles. The minimum atomic E-state index is -1.24. The lowest BCUT2D eigenvalue weighted by Gasteiger charge is -2.23. The van der Waals surface area contributed by atoms with Crippen LogP contribution in [0.2, 0.25) is 0 Å². The van der Waals surface area contributed by atoms with Gasteiger partial charge < -0.3 is 21.4 Å². The van der Waals surface area contributed by atoms with Gasteiger partial charge in [-0.15, -0.1) is 0 Å². The lowest BCUT2D eigenvalue weighted by Crippen LogP contribution is -2.13. The standard InChI is InChI=1S/C38H30.C22H14F2N2O2.C10H9NO.2C9H7NO.Al.H/c1-38(2,3)31-20-21-34-35(24-31)37(30-19-17-26-11-5-7-13-28(26)23-30)33-15-9-8-14-32(33)36(34)29-18-16-25-10-4-6-12-27(25)22-29;1-25-17-7-11(23)3-5-13(17)21(27)15-10-20-16(9-19(15)25)22(28)14-6-4-12(24)8-18(14)26(20)2;1-12-9-6-2-4-8-5-3-7-11-10(8)9;2*11-8-5-1-3-7-4-2-6-10-9(7)8;;/h4-24H,1-3H3;3-10H,1-2H3;2-7H,1H3;2*1-6,11H;;/q;;;;;+2;/p-2. The molecule has 0 fully saturated rings. The molecule has 0 atom stereocenters. The summed E-state index contributed by atoms with van der Waals surface area (Å²) < 4.78 is 47.8. The van der Waals surface area contributed by atoms with Crippen molar-refractivity contribution in [1.82, 2.24) is 24.1 Å². The van der Waals surface area contributed by atoms with E-state index in [-0.39, 0.29) is 16.3 Å². The zero-order valence-corrected chi connectivity index (χ0v) is 57.8. The quantitative estimate of drug-likeness (QED) is 0.115. The molecule has 0 bridgehead atoms. The number of hydrogen-bond acceptors (Lipinski definition) is 8. The van der Waals surface area contributed by atoms with E-state index >= 15 is 0 Å². The molecule has 18 rings (SSSR count). The van der Waals surface area contributed by atoms with E-state index in [0.717, 1.165) is 50.0 Å². The first-order valence-electron chi connectivity index (χ1n) is 33.3. The zero-order chi connectivity index (χ0) is 69.5. The first-order valence-corrected chi connectivity index (χ1v) is 34.4. The number of aromatic nitrogens is 5. The molecule has 490 valence electrons. The Balaban J connectivity index is 0.000000116. The number of fused-ring (bicyclic) bond motifs is 11. The number of methoxy groups -OCH3 is 1. The predicted molar refractivity (Wildman–Crippen MR) is 413 cm³/mol. The molecular weight excluding hydrogens is 1270 g/mol. The number of ether oxygens (including phenoxy) is 1. The van der Waals surface area contributed by atoms with Gasteiger partial charge in [0.1, 0.15) is 45.4 Å². The van der Waals surface area contributed by atoms with Crippen molar-refractivity contribution < 1.29 is 21.1 Å². The fourth-order valence-electron chi connectivity index (χ4n) is 13.7. The van der Waals surface area contributed by atoms with Crippen LogP contribution in [0.5, 0.6) is 17.2 Å². The van der Waals surface area contributed by atoms with Gasteiger partial charge in [-0.25, -0.2) is 8.78 Å². The summed E-state index contributed by atoms with van der Waals surface area (Å²) in [5, 5.41) is 15.1. The van der Waals surface area contributed by atoms with Gasteiger partial charge in [-0.3, -0.25) is 24.5 Å². The van der Waals surface area contributed by atoms with Crippen molar-refractivity contribution in [2.75, 3.05) is 7.11 Å². The summed E-state index contributed by atoms with van der Waals surface area (Å²) in [7, 11) is 5.12. The topological polar surface area (TPSA) is 110 Å². The van der Waals surface area contributed by atoms with Crippen molar-refractivity contribution in [1.29, 1.82) is 0 Å². The second kappa shape index (κ2) is 27.3. The third kappa shape index (κ3) is 12.6. The molecule has 10 nitrogen and oxygen atoms in total. The predicted octanol–water partition coefficient (Wildman–Crippen LogP) is 20.7. The number of halogens is 2. The highest BCUT2D eigenvalue weighted by atomic mass is 27.2. The highest BCUT2D eigenvalue weighted by Crippen LogP contribution is 2.46. The number of benzene rings is 13. The highest BCUT2D eigenvalue weighted by Gasteiger charge is 2.22. The molecule has 0 unspecified atom stereocenters. The molecular formula is C88H66AlF2N5O5. The maximum absolute atomic E-state index is 13.7. The van der Waals surface area contributed by atoms with Crippen LogP contribution in [0.4, 0.5) is 8.78 Å². The Labute approximate surface area is 586 Å². The number of rotatable bonds is 7. The summed E-state index contributed by atoms with van der Waals surface area (Å²) in [6.45, 7) is 6.90. The summed E-state index contributed by atoms with van der Waals surface area (Å²) >= 11 is -1.24. The van der Waals surface area contributed by atoms with Crippen molar-refractivity contribution >= 4 is 135 Å². The van der Waals surface area contributed by atoms with E-state index in [2.05, 4.69) is 163 Å². The van der Waals surface area contributed by atoms with Gasteiger partial charge in [0, 0.05) is 70.4 Å². The normalized spacial score (nSPS) is 11.4. The minimum Gasteiger partial charge on any atom is -0.613 e. The smallest absolute Gasteiger partial charge is 0.613 e. The van der Waals surface area contributed by atoms with Gasteiger partial charge in [0.2, 0.25) is 0 Å². The molecule has 5 aromatic heterocycles. The lowest BCUT2D eigenvalue weighted by atomic mass is 9.81. The Hall–Kier alpha value is -12.1. The van der Waals surface area contributed by atoms with Gasteiger partial charge in [0.05, 0.1) is 29.2 Å². The van der Waals surface area contributed by atoms with Crippen molar-refractivity contribution in [3.8, 4) is 39.5 Å². The Morgan fingerprint density at radius 3 is 1.18 bits per heavy atom. The molecule has 0 saturated heterocycles. The van der Waals surface area contributed by atoms with Gasteiger partial charge in [0.25, 0.3) is 0 Å². The van der Waals surface area contributed by atoms with E-state index in [4.69, 9.17) is 12.3 Å². The average molecular weight is 1340 g/mol. The van der Waals surface area contributed by atoms with Crippen LogP contribution in [0.3, 0.4) is 0 Å². The van der Waals surface area contributed by atoms with E-state index in [1.165, 1.54) is 107 Å². The van der Waals surface area contributed by atoms with E-state index < -0.39 is 27.5 Å². The largest absolute Gasteiger partial charge is 0.832 e. The molecule has 5 heterocycles. The summed E-state index contributed by atoms with van der Waals surface area (Å²) in [4.78, 5) is 39.1. The molecule has 0 aliphatic rings. The SMILES string of the molecule is CC(C)(C)c1ccc2c(-c3ccc4ccccc4c3)c3ccccc3c(-c3ccc4ccccc4c3)c2c1.COc1cccc2cccnc12.Cn1c2cc(F)ccc2c(=O)c2cc3c(cc21)c(=O)c1ccc(F)cc1n3C.c1cnc2c([O][AlH][O]c3cccc4cccnc34)cccc2c1. The van der Waals surface area contributed by atoms with Crippen LogP contribution in [0.1, 0.15) is 26.3 Å². The second-order valence-electron chi connectivity index (χ2n) is 26.0. The first-order chi connectivity index (χ1) is 49.2. The molecule has 0 amide bonds. The first kappa shape index (κ1) is 64.8. The van der Waals surface area contributed by atoms with Gasteiger partial charge in [0.15, 0.2) is 10.9 Å². The minimum absolute atomic E-state index is 0.0591. The second-order valence-corrected chi connectivity index (χ2v) is 26.8. The Morgan fingerprint density at radius 1 is 0.347 bits per heavy atom. The van der Waals surface area contributed by atoms with Gasteiger partial charge in [-0.2, -0.15) is 0 Å². The maximum Gasteiger partial charge on any atom is 0.832 e. The fraction of sp³-hybridized carbons (Fsp3) is 0.0795. The molecule has 0 N–H and O–H groups in total. The molecule has 18 aromatic rings.